The molecule has 4 aromatic rings. The van der Waals surface area contributed by atoms with Crippen LogP contribution in [0.25, 0.3) is 22.0 Å². The fraction of sp³-hybridized carbons (Fsp3) is 0.241. The Morgan fingerprint density at radius 2 is 1.56 bits per heavy atom. The quantitative estimate of drug-likeness (QED) is 0.308. The van der Waals surface area contributed by atoms with E-state index >= 15 is 0 Å². The Kier molecular flexibility index (Phi) is 7.10. The molecule has 7 heteroatoms. The Labute approximate surface area is 208 Å². The van der Waals surface area contributed by atoms with Crippen molar-refractivity contribution in [1.29, 1.82) is 0 Å². The zero-order valence-corrected chi connectivity index (χ0v) is 20.5. The zero-order chi connectivity index (χ0) is 25.9. The first-order chi connectivity index (χ1) is 17.1. The van der Waals surface area contributed by atoms with Crippen LogP contribution in [0.5, 0.6) is 5.75 Å². The molecule has 6 nitrogen and oxygen atoms in total. The van der Waals surface area contributed by atoms with Crippen molar-refractivity contribution in [2.24, 2.45) is 0 Å². The van der Waals surface area contributed by atoms with E-state index in [0.29, 0.717) is 28.8 Å². The number of aliphatic carboxylic acids is 1. The van der Waals surface area contributed by atoms with E-state index in [4.69, 9.17) is 14.6 Å². The molecule has 4 rings (SSSR count). The topological polar surface area (TPSA) is 77.8 Å². The molecular weight excluding hydrogens is 461 g/mol. The maximum atomic E-state index is 13.9. The number of aryl methyl sites for hydroxylation is 1. The van der Waals surface area contributed by atoms with Crippen LogP contribution in [0.15, 0.2) is 72.8 Å². The van der Waals surface area contributed by atoms with Crippen LogP contribution in [0, 0.1) is 5.82 Å². The van der Waals surface area contributed by atoms with Gasteiger partial charge in [0.15, 0.2) is 0 Å². The molecule has 1 N–H and O–H groups in total. The number of nitrogens with zero attached hydrogens (tertiary/aromatic N) is 1. The molecule has 0 fully saturated rings. The third kappa shape index (κ3) is 6.10. The van der Waals surface area contributed by atoms with Crippen LogP contribution in [0.1, 0.15) is 38.4 Å². The number of rotatable bonds is 7. The van der Waals surface area contributed by atoms with Crippen LogP contribution in [0.3, 0.4) is 0 Å². The molecule has 0 saturated heterocycles. The standard InChI is InChI=1S/C29H28FNO5/c1-29(2,3)36-28(34)31-24(16-22-9-12-23(30)17-26(22)31)18-35-25-13-10-21(11-14-25)20-7-4-19(5-8-20)6-15-27(32)33/h4-5,7-14,16-17H,6,15,18H2,1-3H3,(H,32,33). The number of ether oxygens (including phenoxy) is 2. The fourth-order valence-corrected chi connectivity index (χ4v) is 3.88. The molecule has 1 aromatic heterocycles. The van der Waals surface area contributed by atoms with Gasteiger partial charge in [-0.25, -0.2) is 13.8 Å². The van der Waals surface area contributed by atoms with Crippen LogP contribution in [0.4, 0.5) is 9.18 Å². The fourth-order valence-electron chi connectivity index (χ4n) is 3.88. The molecule has 36 heavy (non-hydrogen) atoms. The first-order valence-corrected chi connectivity index (χ1v) is 11.7. The minimum Gasteiger partial charge on any atom is -0.487 e. The molecular formula is C29H28FNO5. The summed E-state index contributed by atoms with van der Waals surface area (Å²) in [5.74, 6) is -0.638. The average molecular weight is 490 g/mol. The minimum atomic E-state index is -0.812. The molecule has 1 heterocycles. The minimum absolute atomic E-state index is 0.0904. The van der Waals surface area contributed by atoms with Crippen molar-refractivity contribution in [3.05, 3.63) is 89.9 Å². The average Bonchev–Trinajstić information content (AvgIpc) is 3.18. The van der Waals surface area contributed by atoms with Crippen molar-refractivity contribution in [2.75, 3.05) is 0 Å². The normalized spacial score (nSPS) is 11.4. The van der Waals surface area contributed by atoms with Gasteiger partial charge in [-0.3, -0.25) is 4.79 Å². The Hall–Kier alpha value is -4.13. The number of hydrogen-bond donors (Lipinski definition) is 1. The van der Waals surface area contributed by atoms with Crippen molar-refractivity contribution in [1.82, 2.24) is 4.57 Å². The number of hydrogen-bond acceptors (Lipinski definition) is 4. The lowest BCUT2D eigenvalue weighted by Crippen LogP contribution is -2.28. The van der Waals surface area contributed by atoms with Crippen LogP contribution < -0.4 is 4.74 Å². The predicted molar refractivity (Wildman–Crippen MR) is 136 cm³/mol. The second-order valence-electron chi connectivity index (χ2n) is 9.56. The molecule has 0 aliphatic carbocycles. The van der Waals surface area contributed by atoms with Crippen molar-refractivity contribution in [3.8, 4) is 16.9 Å². The van der Waals surface area contributed by atoms with Crippen molar-refractivity contribution in [3.63, 3.8) is 0 Å². The van der Waals surface area contributed by atoms with Crippen LogP contribution in [-0.2, 0) is 22.6 Å². The lowest BCUT2D eigenvalue weighted by Gasteiger charge is -2.21. The Morgan fingerprint density at radius 3 is 2.17 bits per heavy atom. The molecule has 0 unspecified atom stereocenters. The molecule has 186 valence electrons. The van der Waals surface area contributed by atoms with E-state index in [0.717, 1.165) is 16.7 Å². The summed E-state index contributed by atoms with van der Waals surface area (Å²) in [7, 11) is 0. The van der Waals surface area contributed by atoms with Crippen LogP contribution in [0.2, 0.25) is 0 Å². The van der Waals surface area contributed by atoms with Crippen molar-refractivity contribution < 1.29 is 28.6 Å². The highest BCUT2D eigenvalue weighted by Gasteiger charge is 2.22. The number of aromatic nitrogens is 1. The number of carboxylic acids is 1. The highest BCUT2D eigenvalue weighted by atomic mass is 19.1. The Morgan fingerprint density at radius 1 is 0.917 bits per heavy atom. The molecule has 0 radical (unpaired) electrons. The summed E-state index contributed by atoms with van der Waals surface area (Å²) in [5, 5.41) is 9.54. The summed E-state index contributed by atoms with van der Waals surface area (Å²) < 4.78 is 26.8. The van der Waals surface area contributed by atoms with E-state index in [2.05, 4.69) is 0 Å². The molecule has 0 spiro atoms. The van der Waals surface area contributed by atoms with Crippen molar-refractivity contribution in [2.45, 2.75) is 45.8 Å². The van der Waals surface area contributed by atoms with Gasteiger partial charge in [-0.15, -0.1) is 0 Å². The molecule has 0 atom stereocenters. The summed E-state index contributed by atoms with van der Waals surface area (Å²) in [5.41, 5.74) is 3.24. The summed E-state index contributed by atoms with van der Waals surface area (Å²) >= 11 is 0. The molecule has 0 aliphatic heterocycles. The number of carboxylic acid groups (broad SMARTS) is 1. The smallest absolute Gasteiger partial charge is 0.419 e. The predicted octanol–water partition coefficient (Wildman–Crippen LogP) is 6.83. The van der Waals surface area contributed by atoms with E-state index in [-0.39, 0.29) is 13.0 Å². The lowest BCUT2D eigenvalue weighted by molar-refractivity contribution is -0.136. The number of carbonyl (C=O) groups is 2. The Bertz CT molecular complexity index is 1380. The van der Waals surface area contributed by atoms with Gasteiger partial charge in [-0.1, -0.05) is 36.4 Å². The maximum absolute atomic E-state index is 13.9. The van der Waals surface area contributed by atoms with E-state index < -0.39 is 23.5 Å². The first-order valence-electron chi connectivity index (χ1n) is 11.7. The molecule has 0 aliphatic rings. The van der Waals surface area contributed by atoms with E-state index in [1.807, 2.05) is 48.5 Å². The Balaban J connectivity index is 1.50. The largest absolute Gasteiger partial charge is 0.487 e. The summed E-state index contributed by atoms with van der Waals surface area (Å²) in [6.07, 6.45) is 0.00581. The summed E-state index contributed by atoms with van der Waals surface area (Å²) in [6, 6.07) is 21.4. The molecule has 0 saturated carbocycles. The van der Waals surface area contributed by atoms with Gasteiger partial charge in [0.05, 0.1) is 11.2 Å². The van der Waals surface area contributed by atoms with E-state index in [1.54, 1.807) is 32.9 Å². The number of benzene rings is 3. The maximum Gasteiger partial charge on any atom is 0.419 e. The third-order valence-corrected chi connectivity index (χ3v) is 5.57. The summed E-state index contributed by atoms with van der Waals surface area (Å²) in [6.45, 7) is 5.42. The van der Waals surface area contributed by atoms with Crippen LogP contribution in [-0.4, -0.2) is 27.3 Å². The first kappa shape index (κ1) is 25.0. The third-order valence-electron chi connectivity index (χ3n) is 5.57. The molecule has 0 amide bonds. The number of fused-ring (bicyclic) bond motifs is 1. The van der Waals surface area contributed by atoms with Gasteiger partial charge in [0.25, 0.3) is 0 Å². The SMILES string of the molecule is CC(C)(C)OC(=O)n1c(COc2ccc(-c3ccc(CCC(=O)O)cc3)cc2)cc2ccc(F)cc21. The van der Waals surface area contributed by atoms with Gasteiger partial charge in [0.2, 0.25) is 0 Å². The monoisotopic (exact) mass is 489 g/mol. The van der Waals surface area contributed by atoms with Crippen LogP contribution >= 0.6 is 0 Å². The number of halogens is 1. The van der Waals surface area contributed by atoms with Gasteiger partial charge in [-0.2, -0.15) is 0 Å². The second kappa shape index (κ2) is 10.2. The second-order valence-corrected chi connectivity index (χ2v) is 9.56. The number of carbonyl (C=O) groups excluding carboxylic acids is 1. The van der Waals surface area contributed by atoms with E-state index in [1.165, 1.54) is 16.7 Å². The summed E-state index contributed by atoms with van der Waals surface area (Å²) in [4.78, 5) is 23.7. The van der Waals surface area contributed by atoms with Gasteiger partial charge >= 0.3 is 12.1 Å². The van der Waals surface area contributed by atoms with Gasteiger partial charge in [0.1, 0.15) is 23.8 Å². The van der Waals surface area contributed by atoms with Gasteiger partial charge in [-0.05, 0) is 80.3 Å². The highest BCUT2D eigenvalue weighted by Crippen LogP contribution is 2.26. The molecule has 0 bridgehead atoms. The van der Waals surface area contributed by atoms with Gasteiger partial charge in [0, 0.05) is 11.8 Å². The molecule has 3 aromatic carbocycles. The zero-order valence-electron chi connectivity index (χ0n) is 20.5. The van der Waals surface area contributed by atoms with Crippen molar-refractivity contribution >= 4 is 23.0 Å². The van der Waals surface area contributed by atoms with E-state index in [9.17, 15) is 14.0 Å². The lowest BCUT2D eigenvalue weighted by atomic mass is 10.0. The van der Waals surface area contributed by atoms with Gasteiger partial charge < -0.3 is 14.6 Å². The highest BCUT2D eigenvalue weighted by molar-refractivity contribution is 5.91.